The van der Waals surface area contributed by atoms with Crippen molar-refractivity contribution >= 4 is 11.9 Å². The van der Waals surface area contributed by atoms with Gasteiger partial charge >= 0.3 is 11.9 Å². The summed E-state index contributed by atoms with van der Waals surface area (Å²) in [7, 11) is 2.84. The van der Waals surface area contributed by atoms with Crippen molar-refractivity contribution < 1.29 is 43.5 Å². The number of aliphatic hydroxyl groups is 2. The van der Waals surface area contributed by atoms with Crippen LogP contribution in [0.2, 0.25) is 0 Å². The molecular formula is C29H41NO9. The molecule has 5 atom stereocenters. The Morgan fingerprint density at radius 2 is 1.87 bits per heavy atom. The number of ether oxygens (including phenoxy) is 5. The molecule has 1 spiro atoms. The zero-order chi connectivity index (χ0) is 28.0. The van der Waals surface area contributed by atoms with E-state index >= 15 is 0 Å². The summed E-state index contributed by atoms with van der Waals surface area (Å²) in [5.41, 5.74) is -1.14. The topological polar surface area (TPSA) is 124 Å². The SMILES string of the molecule is COC(=O)C[C@](O)(CCCC(C)(C)O)C(=O)O[C@@H]1C(OC)C[C@]23CCCN2CCc2cc4c(cc2[C@H]13)OCO4. The summed E-state index contributed by atoms with van der Waals surface area (Å²) in [6.07, 6.45) is 2.51. The van der Waals surface area contributed by atoms with Crippen LogP contribution >= 0.6 is 0 Å². The van der Waals surface area contributed by atoms with Crippen molar-refractivity contribution in [3.05, 3.63) is 23.3 Å². The summed E-state index contributed by atoms with van der Waals surface area (Å²) in [6.45, 7) is 5.33. The third-order valence-electron chi connectivity index (χ3n) is 9.09. The molecule has 1 aliphatic carbocycles. The molecule has 10 nitrogen and oxygen atoms in total. The highest BCUT2D eigenvalue weighted by molar-refractivity contribution is 5.85. The van der Waals surface area contributed by atoms with E-state index in [9.17, 15) is 19.8 Å². The average Bonchev–Trinajstić information content (AvgIpc) is 3.56. The fourth-order valence-electron chi connectivity index (χ4n) is 7.20. The van der Waals surface area contributed by atoms with Gasteiger partial charge in [0.2, 0.25) is 6.79 Å². The molecule has 2 N–H and O–H groups in total. The number of benzene rings is 1. The number of carbonyl (C=O) groups excluding carboxylic acids is 2. The van der Waals surface area contributed by atoms with Crippen LogP contribution in [0, 0.1) is 0 Å². The van der Waals surface area contributed by atoms with Crippen molar-refractivity contribution in [3.8, 4) is 11.5 Å². The van der Waals surface area contributed by atoms with Crippen LogP contribution < -0.4 is 9.47 Å². The lowest BCUT2D eigenvalue weighted by Crippen LogP contribution is -2.49. The highest BCUT2D eigenvalue weighted by Gasteiger charge is 2.62. The number of hydrogen-bond acceptors (Lipinski definition) is 10. The molecule has 39 heavy (non-hydrogen) atoms. The van der Waals surface area contributed by atoms with Crippen LogP contribution in [0.5, 0.6) is 11.5 Å². The fourth-order valence-corrected chi connectivity index (χ4v) is 7.20. The van der Waals surface area contributed by atoms with Gasteiger partial charge in [0, 0.05) is 25.1 Å². The van der Waals surface area contributed by atoms with Gasteiger partial charge in [0.1, 0.15) is 6.10 Å². The molecule has 1 aromatic carbocycles. The molecule has 10 heteroatoms. The lowest BCUT2D eigenvalue weighted by molar-refractivity contribution is -0.182. The van der Waals surface area contributed by atoms with Crippen molar-refractivity contribution in [1.29, 1.82) is 0 Å². The maximum atomic E-state index is 13.8. The van der Waals surface area contributed by atoms with E-state index in [1.54, 1.807) is 21.0 Å². The summed E-state index contributed by atoms with van der Waals surface area (Å²) in [4.78, 5) is 28.5. The lowest BCUT2D eigenvalue weighted by Gasteiger charge is -2.40. The Morgan fingerprint density at radius 3 is 2.56 bits per heavy atom. The van der Waals surface area contributed by atoms with Crippen molar-refractivity contribution in [2.45, 2.75) is 100 Å². The Balaban J connectivity index is 1.49. The summed E-state index contributed by atoms with van der Waals surface area (Å²) < 4.78 is 28.3. The average molecular weight is 548 g/mol. The summed E-state index contributed by atoms with van der Waals surface area (Å²) in [5, 5.41) is 21.7. The van der Waals surface area contributed by atoms with Gasteiger partial charge in [-0.2, -0.15) is 0 Å². The molecule has 1 saturated carbocycles. The van der Waals surface area contributed by atoms with Gasteiger partial charge in [-0.1, -0.05) is 0 Å². The first kappa shape index (κ1) is 28.1. The molecule has 4 aliphatic rings. The van der Waals surface area contributed by atoms with Gasteiger partial charge in [-0.3, -0.25) is 9.69 Å². The number of nitrogens with zero attached hydrogens (tertiary/aromatic N) is 1. The molecule has 1 unspecified atom stereocenters. The van der Waals surface area contributed by atoms with Crippen LogP contribution in [0.15, 0.2) is 12.1 Å². The van der Waals surface area contributed by atoms with Gasteiger partial charge in [-0.05, 0) is 88.6 Å². The molecule has 5 rings (SSSR count). The van der Waals surface area contributed by atoms with Crippen molar-refractivity contribution in [1.82, 2.24) is 4.90 Å². The second-order valence-electron chi connectivity index (χ2n) is 12.1. The van der Waals surface area contributed by atoms with Gasteiger partial charge < -0.3 is 33.9 Å². The quantitative estimate of drug-likeness (QED) is 0.446. The van der Waals surface area contributed by atoms with Crippen LogP contribution in [-0.2, 0) is 30.2 Å². The van der Waals surface area contributed by atoms with Gasteiger partial charge in [0.25, 0.3) is 0 Å². The number of methoxy groups -OCH3 is 2. The van der Waals surface area contributed by atoms with E-state index in [0.29, 0.717) is 25.0 Å². The zero-order valence-corrected chi connectivity index (χ0v) is 23.4. The Bertz CT molecular complexity index is 1100. The van der Waals surface area contributed by atoms with E-state index in [1.165, 1.54) is 7.11 Å². The largest absolute Gasteiger partial charge is 0.469 e. The van der Waals surface area contributed by atoms with Crippen LogP contribution in [0.3, 0.4) is 0 Å². The molecule has 3 aliphatic heterocycles. The molecule has 0 amide bonds. The first-order valence-corrected chi connectivity index (χ1v) is 13.9. The predicted octanol–water partition coefficient (Wildman–Crippen LogP) is 2.46. The van der Waals surface area contributed by atoms with Crippen LogP contribution in [0.1, 0.15) is 75.8 Å². The van der Waals surface area contributed by atoms with Gasteiger partial charge in [0.15, 0.2) is 17.1 Å². The summed E-state index contributed by atoms with van der Waals surface area (Å²) >= 11 is 0. The predicted molar refractivity (Wildman–Crippen MR) is 140 cm³/mol. The minimum Gasteiger partial charge on any atom is -0.469 e. The summed E-state index contributed by atoms with van der Waals surface area (Å²) in [6, 6.07) is 4.06. The van der Waals surface area contributed by atoms with E-state index in [2.05, 4.69) is 4.90 Å². The standard InChI is InChI=1S/C29H41NO9/c1-27(2,33)8-5-10-29(34,16-23(31)36-4)26(32)39-25-22(35-3)15-28-9-6-11-30(28)12-7-18-13-20-21(38-17-37-20)14-19(18)24(25)28/h13-14,22,24-25,33-34H,5-12,15-17H2,1-4H3/t22?,24-,25-,28+,29-/m1/s1. The maximum Gasteiger partial charge on any atom is 0.339 e. The van der Waals surface area contributed by atoms with Crippen LogP contribution in [0.25, 0.3) is 0 Å². The Labute approximate surface area is 229 Å². The zero-order valence-electron chi connectivity index (χ0n) is 23.4. The normalized spacial score (nSPS) is 29.1. The molecular weight excluding hydrogens is 506 g/mol. The van der Waals surface area contributed by atoms with Crippen LogP contribution in [-0.4, -0.2) is 90.1 Å². The Morgan fingerprint density at radius 1 is 1.13 bits per heavy atom. The second-order valence-corrected chi connectivity index (χ2v) is 12.1. The highest BCUT2D eigenvalue weighted by Crippen LogP contribution is 2.57. The van der Waals surface area contributed by atoms with Gasteiger partial charge in [0.05, 0.1) is 25.2 Å². The maximum absolute atomic E-state index is 13.8. The lowest BCUT2D eigenvalue weighted by atomic mass is 9.78. The molecule has 0 aromatic heterocycles. The Kier molecular flexibility index (Phi) is 7.60. The monoisotopic (exact) mass is 547 g/mol. The van der Waals surface area contributed by atoms with E-state index < -0.39 is 41.8 Å². The molecule has 0 radical (unpaired) electrons. The highest BCUT2D eigenvalue weighted by atomic mass is 16.7. The number of carbonyl (C=O) groups is 2. The van der Waals surface area contributed by atoms with E-state index in [0.717, 1.165) is 49.2 Å². The fraction of sp³-hybridized carbons (Fsp3) is 0.724. The van der Waals surface area contributed by atoms with E-state index in [1.807, 2.05) is 12.1 Å². The van der Waals surface area contributed by atoms with Crippen molar-refractivity contribution in [3.63, 3.8) is 0 Å². The molecule has 1 saturated heterocycles. The molecule has 1 aromatic rings. The number of esters is 2. The minimum absolute atomic E-state index is 0.0491. The van der Waals surface area contributed by atoms with Crippen molar-refractivity contribution in [2.75, 3.05) is 34.1 Å². The number of hydrogen-bond donors (Lipinski definition) is 2. The first-order chi connectivity index (χ1) is 18.5. The third-order valence-corrected chi connectivity index (χ3v) is 9.09. The number of fused-ring (bicyclic) bond motifs is 3. The third kappa shape index (κ3) is 5.24. The Hall–Kier alpha value is -2.40. The van der Waals surface area contributed by atoms with Gasteiger partial charge in [-0.15, -0.1) is 0 Å². The minimum atomic E-state index is -2.09. The number of rotatable bonds is 9. The van der Waals surface area contributed by atoms with E-state index in [-0.39, 0.29) is 24.7 Å². The second kappa shape index (κ2) is 10.5. The smallest absolute Gasteiger partial charge is 0.339 e. The molecule has 0 bridgehead atoms. The van der Waals surface area contributed by atoms with Crippen molar-refractivity contribution in [2.24, 2.45) is 0 Å². The van der Waals surface area contributed by atoms with Gasteiger partial charge in [-0.25, -0.2) is 4.79 Å². The summed E-state index contributed by atoms with van der Waals surface area (Å²) in [5.74, 6) is -0.393. The molecule has 216 valence electrons. The van der Waals surface area contributed by atoms with E-state index in [4.69, 9.17) is 23.7 Å². The van der Waals surface area contributed by atoms with Crippen LogP contribution in [0.4, 0.5) is 0 Å². The molecule has 2 fully saturated rings. The first-order valence-electron chi connectivity index (χ1n) is 13.9. The molecule has 3 heterocycles.